The second-order valence-corrected chi connectivity index (χ2v) is 4.99. The van der Waals surface area contributed by atoms with Gasteiger partial charge in [0.05, 0.1) is 11.9 Å². The van der Waals surface area contributed by atoms with E-state index >= 15 is 0 Å². The van der Waals surface area contributed by atoms with Gasteiger partial charge in [-0.15, -0.1) is 0 Å². The van der Waals surface area contributed by atoms with Gasteiger partial charge in [0.15, 0.2) is 5.82 Å². The highest BCUT2D eigenvalue weighted by Crippen LogP contribution is 2.27. The van der Waals surface area contributed by atoms with Crippen molar-refractivity contribution in [1.29, 1.82) is 0 Å². The molecule has 0 fully saturated rings. The Labute approximate surface area is 121 Å². The summed E-state index contributed by atoms with van der Waals surface area (Å²) in [6.07, 6.45) is 1.40. The molecule has 0 aliphatic carbocycles. The predicted molar refractivity (Wildman–Crippen MR) is 74.5 cm³/mol. The van der Waals surface area contributed by atoms with Crippen molar-refractivity contribution in [2.75, 3.05) is 5.32 Å². The Morgan fingerprint density at radius 1 is 1.29 bits per heavy atom. The normalized spacial score (nSPS) is 10.4. The van der Waals surface area contributed by atoms with Gasteiger partial charge in [0, 0.05) is 3.57 Å². The highest BCUT2D eigenvalue weighted by Gasteiger charge is 2.07. The van der Waals surface area contributed by atoms with Crippen molar-refractivity contribution in [3.8, 4) is 0 Å². The molecule has 0 saturated carbocycles. The van der Waals surface area contributed by atoms with E-state index in [0.717, 1.165) is 0 Å². The second kappa shape index (κ2) is 5.32. The van der Waals surface area contributed by atoms with Crippen LogP contribution in [-0.4, -0.2) is 9.97 Å². The number of anilines is 2. The van der Waals surface area contributed by atoms with E-state index in [-0.39, 0.29) is 11.1 Å². The average Bonchev–Trinajstić information content (AvgIpc) is 2.27. The molecule has 0 aliphatic heterocycles. The molecular weight excluding hydrogens is 379 g/mol. The van der Waals surface area contributed by atoms with Crippen LogP contribution in [0.15, 0.2) is 24.4 Å². The minimum absolute atomic E-state index is 0.0917. The minimum Gasteiger partial charge on any atom is -0.338 e. The van der Waals surface area contributed by atoms with Crippen LogP contribution in [0.3, 0.4) is 0 Å². The lowest BCUT2D eigenvalue weighted by molar-refractivity contribution is 0.627. The molecule has 1 heterocycles. The summed E-state index contributed by atoms with van der Waals surface area (Å²) in [6.45, 7) is 0. The van der Waals surface area contributed by atoms with E-state index in [1.807, 2.05) is 22.6 Å². The summed E-state index contributed by atoms with van der Waals surface area (Å²) < 4.78 is 13.6. The first-order valence-corrected chi connectivity index (χ1v) is 6.30. The minimum atomic E-state index is -0.299. The van der Waals surface area contributed by atoms with E-state index in [1.54, 1.807) is 6.07 Å². The lowest BCUT2D eigenvalue weighted by Crippen LogP contribution is -1.98. The standard InChI is InChI=1S/C10H5Cl2FIN3/c11-6-4-15-10(12)17-9(6)16-8-2-1-5(13)3-7(8)14/h1-4H,(H,15,16,17). The smallest absolute Gasteiger partial charge is 0.224 e. The third-order valence-corrected chi connectivity index (χ3v) is 3.25. The van der Waals surface area contributed by atoms with E-state index in [0.29, 0.717) is 20.1 Å². The van der Waals surface area contributed by atoms with Crippen molar-refractivity contribution in [2.45, 2.75) is 0 Å². The van der Waals surface area contributed by atoms with Crippen LogP contribution in [0.1, 0.15) is 0 Å². The fourth-order valence-corrected chi connectivity index (χ4v) is 2.04. The van der Waals surface area contributed by atoms with E-state index in [2.05, 4.69) is 15.3 Å². The molecule has 0 unspecified atom stereocenters. The Hall–Kier alpha value is -0.660. The van der Waals surface area contributed by atoms with Gasteiger partial charge >= 0.3 is 0 Å². The molecule has 0 atom stereocenters. The molecular formula is C10H5Cl2FIN3. The van der Waals surface area contributed by atoms with Crippen molar-refractivity contribution < 1.29 is 4.39 Å². The maximum atomic E-state index is 12.9. The zero-order valence-corrected chi connectivity index (χ0v) is 11.9. The van der Waals surface area contributed by atoms with Gasteiger partial charge in [-0.05, 0) is 52.4 Å². The molecule has 0 bridgehead atoms. The Bertz CT molecular complexity index is 565. The molecule has 0 spiro atoms. The van der Waals surface area contributed by atoms with Crippen LogP contribution in [0.5, 0.6) is 0 Å². The summed E-state index contributed by atoms with van der Waals surface area (Å²) in [5, 5.41) is 3.40. The van der Waals surface area contributed by atoms with Crippen molar-refractivity contribution in [2.24, 2.45) is 0 Å². The van der Waals surface area contributed by atoms with Gasteiger partial charge in [-0.1, -0.05) is 11.6 Å². The third-order valence-electron chi connectivity index (χ3n) is 1.90. The van der Waals surface area contributed by atoms with Crippen molar-refractivity contribution in [3.63, 3.8) is 0 Å². The zero-order chi connectivity index (χ0) is 12.4. The first-order valence-electron chi connectivity index (χ1n) is 4.46. The number of aromatic nitrogens is 2. The second-order valence-electron chi connectivity index (χ2n) is 3.08. The Balaban J connectivity index is 2.34. The Kier molecular flexibility index (Phi) is 4.01. The number of benzene rings is 1. The number of nitrogens with one attached hydrogen (secondary N) is 1. The van der Waals surface area contributed by atoms with Gasteiger partial charge in [-0.3, -0.25) is 0 Å². The summed E-state index contributed by atoms with van der Waals surface area (Å²) in [7, 11) is 0. The Morgan fingerprint density at radius 3 is 2.76 bits per heavy atom. The largest absolute Gasteiger partial charge is 0.338 e. The van der Waals surface area contributed by atoms with E-state index in [4.69, 9.17) is 23.2 Å². The molecule has 1 aromatic carbocycles. The number of rotatable bonds is 2. The average molecular weight is 384 g/mol. The van der Waals surface area contributed by atoms with Crippen LogP contribution < -0.4 is 5.32 Å². The van der Waals surface area contributed by atoms with Crippen LogP contribution in [0.4, 0.5) is 15.9 Å². The maximum Gasteiger partial charge on any atom is 0.224 e. The monoisotopic (exact) mass is 383 g/mol. The number of hydrogen-bond donors (Lipinski definition) is 1. The first kappa shape index (κ1) is 12.8. The topological polar surface area (TPSA) is 37.8 Å². The highest BCUT2D eigenvalue weighted by molar-refractivity contribution is 14.1. The first-order chi connectivity index (χ1) is 8.06. The molecule has 1 N–H and O–H groups in total. The third kappa shape index (κ3) is 3.17. The van der Waals surface area contributed by atoms with Gasteiger partial charge in [0.2, 0.25) is 5.28 Å². The quantitative estimate of drug-likeness (QED) is 0.621. The lowest BCUT2D eigenvalue weighted by atomic mass is 10.3. The molecule has 2 rings (SSSR count). The van der Waals surface area contributed by atoms with Crippen molar-refractivity contribution >= 4 is 57.3 Å². The molecule has 7 heteroatoms. The molecule has 2 aromatic rings. The van der Waals surface area contributed by atoms with Gasteiger partial charge in [-0.2, -0.15) is 4.98 Å². The molecule has 3 nitrogen and oxygen atoms in total. The fourth-order valence-electron chi connectivity index (χ4n) is 1.15. The van der Waals surface area contributed by atoms with Crippen LogP contribution in [0, 0.1) is 9.39 Å². The lowest BCUT2D eigenvalue weighted by Gasteiger charge is -2.09. The van der Waals surface area contributed by atoms with Crippen molar-refractivity contribution in [1.82, 2.24) is 9.97 Å². The molecule has 0 radical (unpaired) electrons. The molecule has 0 aliphatic rings. The number of hydrogen-bond acceptors (Lipinski definition) is 3. The van der Waals surface area contributed by atoms with Gasteiger partial charge in [0.1, 0.15) is 10.8 Å². The zero-order valence-electron chi connectivity index (χ0n) is 8.22. The van der Waals surface area contributed by atoms with Gasteiger partial charge < -0.3 is 5.32 Å². The summed E-state index contributed by atoms with van der Waals surface area (Å²) in [6, 6.07) is 4.35. The summed E-state index contributed by atoms with van der Waals surface area (Å²) >= 11 is 13.6. The predicted octanol–water partition coefficient (Wildman–Crippen LogP) is 4.27. The van der Waals surface area contributed by atoms with Crippen molar-refractivity contribution in [3.05, 3.63) is 44.1 Å². The molecule has 1 aromatic heterocycles. The van der Waals surface area contributed by atoms with Gasteiger partial charge in [0.25, 0.3) is 0 Å². The molecule has 88 valence electrons. The fraction of sp³-hybridized carbons (Fsp3) is 0. The van der Waals surface area contributed by atoms with E-state index in [1.165, 1.54) is 18.3 Å². The molecule has 0 saturated heterocycles. The number of nitrogens with zero attached hydrogens (tertiary/aromatic N) is 2. The van der Waals surface area contributed by atoms with Crippen LogP contribution in [-0.2, 0) is 0 Å². The Morgan fingerprint density at radius 2 is 2.06 bits per heavy atom. The van der Waals surface area contributed by atoms with Crippen LogP contribution >= 0.6 is 45.8 Å². The molecule has 17 heavy (non-hydrogen) atoms. The summed E-state index contributed by atoms with van der Waals surface area (Å²) in [4.78, 5) is 7.68. The highest BCUT2D eigenvalue weighted by atomic mass is 127. The number of halogens is 4. The molecule has 0 amide bonds. The van der Waals surface area contributed by atoms with E-state index in [9.17, 15) is 4.39 Å². The van der Waals surface area contributed by atoms with Gasteiger partial charge in [-0.25, -0.2) is 9.37 Å². The van der Waals surface area contributed by atoms with Crippen LogP contribution in [0.25, 0.3) is 0 Å². The maximum absolute atomic E-state index is 12.9. The SMILES string of the molecule is Fc1ccc(Nc2nc(Cl)ncc2Cl)c(I)c1. The van der Waals surface area contributed by atoms with Crippen LogP contribution in [0.2, 0.25) is 10.3 Å². The summed E-state index contributed by atoms with van der Waals surface area (Å²) in [5.74, 6) is 0.0861. The van der Waals surface area contributed by atoms with E-state index < -0.39 is 0 Å². The summed E-state index contributed by atoms with van der Waals surface area (Å²) in [5.41, 5.74) is 0.698.